The molecule has 5 heteroatoms. The van der Waals surface area contributed by atoms with Crippen LogP contribution in [0.5, 0.6) is 0 Å². The lowest BCUT2D eigenvalue weighted by atomic mass is 10.0. The Morgan fingerprint density at radius 1 is 0.293 bits per heavy atom. The molecule has 0 aromatic carbocycles. The number of carbonyl (C=O) groups is 2. The summed E-state index contributed by atoms with van der Waals surface area (Å²) >= 11 is 0. The van der Waals surface area contributed by atoms with E-state index in [2.05, 4.69) is 123 Å². The Balaban J connectivity index is 3.50. The summed E-state index contributed by atoms with van der Waals surface area (Å²) in [4.78, 5) is 24.6. The van der Waals surface area contributed by atoms with Crippen LogP contribution in [0.4, 0.5) is 0 Å². The zero-order chi connectivity index (χ0) is 59.1. The second-order valence-electron chi connectivity index (χ2n) is 23.6. The second kappa shape index (κ2) is 71.8. The first-order chi connectivity index (χ1) is 40.6. The van der Waals surface area contributed by atoms with Crippen LogP contribution in [0.3, 0.4) is 0 Å². The first-order valence-electron chi connectivity index (χ1n) is 35.4. The molecule has 0 saturated heterocycles. The zero-order valence-corrected chi connectivity index (χ0v) is 54.2. The molecule has 0 aliphatic rings. The van der Waals surface area contributed by atoms with Crippen molar-refractivity contribution in [3.63, 3.8) is 0 Å². The fourth-order valence-corrected chi connectivity index (χ4v) is 10.3. The Labute approximate surface area is 510 Å². The smallest absolute Gasteiger partial charge is 0.306 e. The highest BCUT2D eigenvalue weighted by molar-refractivity contribution is 5.70. The molecule has 0 amide bonds. The van der Waals surface area contributed by atoms with E-state index in [0.29, 0.717) is 12.8 Å². The quantitative estimate of drug-likeness (QED) is 0.0373. The van der Waals surface area contributed by atoms with Crippen molar-refractivity contribution in [1.29, 1.82) is 0 Å². The minimum atomic E-state index is -0.798. The van der Waals surface area contributed by atoms with E-state index in [1.165, 1.54) is 218 Å². The highest BCUT2D eigenvalue weighted by atomic mass is 16.6. The van der Waals surface area contributed by atoms with Gasteiger partial charge < -0.3 is 14.6 Å². The minimum absolute atomic E-state index is 0.0827. The molecule has 0 aliphatic carbocycles. The van der Waals surface area contributed by atoms with Gasteiger partial charge in [-0.05, 0) is 83.5 Å². The maximum atomic E-state index is 12.3. The van der Waals surface area contributed by atoms with Crippen molar-refractivity contribution < 1.29 is 24.2 Å². The summed E-state index contributed by atoms with van der Waals surface area (Å²) in [7, 11) is 0. The van der Waals surface area contributed by atoms with Gasteiger partial charge in [0.05, 0.1) is 6.61 Å². The summed E-state index contributed by atoms with van der Waals surface area (Å²) in [5.41, 5.74) is 0. The van der Waals surface area contributed by atoms with Crippen molar-refractivity contribution in [2.24, 2.45) is 0 Å². The largest absolute Gasteiger partial charge is 0.462 e. The van der Waals surface area contributed by atoms with Gasteiger partial charge >= 0.3 is 11.9 Å². The molecule has 0 saturated carbocycles. The van der Waals surface area contributed by atoms with Crippen LogP contribution >= 0.6 is 0 Å². The summed E-state index contributed by atoms with van der Waals surface area (Å²) in [6.07, 6.45) is 104. The SMILES string of the molecule is CC/C=C\C/C=C\C/C=C\C/C=C\C/C=C\C/C=C\C/C=C\C/C=C\C/C=C\CCCCCC(=O)OC(CO)COC(=O)CCCCCCCCCCCCCCCCCCCCCCCCCCCCCCCCCCCCCCC. The third-order valence-corrected chi connectivity index (χ3v) is 15.6. The molecule has 0 bridgehead atoms. The fourth-order valence-electron chi connectivity index (χ4n) is 10.3. The molecule has 0 aliphatic heterocycles. The molecule has 5 nitrogen and oxygen atoms in total. The highest BCUT2D eigenvalue weighted by Gasteiger charge is 2.16. The van der Waals surface area contributed by atoms with E-state index in [-0.39, 0.29) is 25.2 Å². The third kappa shape index (κ3) is 69.1. The van der Waals surface area contributed by atoms with E-state index in [1.807, 2.05) is 0 Å². The normalized spacial score (nSPS) is 12.9. The monoisotopic (exact) mass is 1140 g/mol. The van der Waals surface area contributed by atoms with Crippen LogP contribution in [0.1, 0.15) is 348 Å². The molecule has 1 atom stereocenters. The maximum absolute atomic E-state index is 12.3. The summed E-state index contributed by atoms with van der Waals surface area (Å²) in [6.45, 7) is 4.04. The van der Waals surface area contributed by atoms with Crippen LogP contribution in [0, 0.1) is 0 Å². The Morgan fingerprint density at radius 3 is 0.793 bits per heavy atom. The van der Waals surface area contributed by atoms with E-state index in [9.17, 15) is 14.7 Å². The van der Waals surface area contributed by atoms with Crippen LogP contribution in [0.15, 0.2) is 109 Å². The van der Waals surface area contributed by atoms with Gasteiger partial charge in [0, 0.05) is 12.8 Å². The first kappa shape index (κ1) is 78.6. The first-order valence-corrected chi connectivity index (χ1v) is 35.4. The van der Waals surface area contributed by atoms with Crippen LogP contribution in [0.2, 0.25) is 0 Å². The summed E-state index contributed by atoms with van der Waals surface area (Å²) in [5.74, 6) is -0.622. The molecule has 0 heterocycles. The predicted octanol–water partition coefficient (Wildman–Crippen LogP) is 24.8. The molecule has 0 aromatic rings. The van der Waals surface area contributed by atoms with Crippen molar-refractivity contribution in [2.45, 2.75) is 354 Å². The Morgan fingerprint density at radius 2 is 0.524 bits per heavy atom. The van der Waals surface area contributed by atoms with Crippen LogP contribution < -0.4 is 0 Å². The number of esters is 2. The average molecular weight is 1140 g/mol. The minimum Gasteiger partial charge on any atom is -0.462 e. The molecule has 472 valence electrons. The predicted molar refractivity (Wildman–Crippen MR) is 362 cm³/mol. The molecular formula is C77H134O5. The lowest BCUT2D eigenvalue weighted by Crippen LogP contribution is -2.28. The number of hydrogen-bond donors (Lipinski definition) is 1. The average Bonchev–Trinajstić information content (AvgIpc) is 3.49. The second-order valence-corrected chi connectivity index (χ2v) is 23.6. The number of hydrogen-bond acceptors (Lipinski definition) is 5. The van der Waals surface area contributed by atoms with Gasteiger partial charge in [-0.15, -0.1) is 0 Å². The van der Waals surface area contributed by atoms with Crippen molar-refractivity contribution in [2.75, 3.05) is 13.2 Å². The van der Waals surface area contributed by atoms with Crippen LogP contribution in [-0.4, -0.2) is 36.4 Å². The molecular weight excluding hydrogens is 1000 g/mol. The van der Waals surface area contributed by atoms with Crippen molar-refractivity contribution in [3.8, 4) is 0 Å². The molecule has 0 aromatic heterocycles. The topological polar surface area (TPSA) is 72.8 Å². The highest BCUT2D eigenvalue weighted by Crippen LogP contribution is 2.18. The van der Waals surface area contributed by atoms with Crippen LogP contribution in [-0.2, 0) is 19.1 Å². The maximum Gasteiger partial charge on any atom is 0.306 e. The summed E-state index contributed by atoms with van der Waals surface area (Å²) < 4.78 is 10.7. The summed E-state index contributed by atoms with van der Waals surface area (Å²) in [5, 5.41) is 9.69. The van der Waals surface area contributed by atoms with Gasteiger partial charge in [-0.25, -0.2) is 0 Å². The Hall–Kier alpha value is -3.44. The molecule has 82 heavy (non-hydrogen) atoms. The van der Waals surface area contributed by atoms with Crippen molar-refractivity contribution in [1.82, 2.24) is 0 Å². The number of allylic oxidation sites excluding steroid dienone is 18. The van der Waals surface area contributed by atoms with Gasteiger partial charge in [0.15, 0.2) is 6.10 Å². The number of rotatable bonds is 65. The van der Waals surface area contributed by atoms with Crippen molar-refractivity contribution >= 4 is 11.9 Å². The number of unbranched alkanes of at least 4 members (excludes halogenated alkanes) is 39. The molecule has 0 radical (unpaired) electrons. The van der Waals surface area contributed by atoms with Gasteiger partial charge in [0.1, 0.15) is 6.61 Å². The lowest BCUT2D eigenvalue weighted by molar-refractivity contribution is -0.161. The molecule has 0 rings (SSSR count). The van der Waals surface area contributed by atoms with E-state index >= 15 is 0 Å². The van der Waals surface area contributed by atoms with E-state index in [4.69, 9.17) is 9.47 Å². The summed E-state index contributed by atoms with van der Waals surface area (Å²) in [6, 6.07) is 0. The number of aliphatic hydroxyl groups is 1. The Bertz CT molecular complexity index is 1570. The fraction of sp³-hybridized carbons (Fsp3) is 0.740. The number of ether oxygens (including phenoxy) is 2. The van der Waals surface area contributed by atoms with Crippen molar-refractivity contribution in [3.05, 3.63) is 109 Å². The van der Waals surface area contributed by atoms with E-state index < -0.39 is 6.10 Å². The van der Waals surface area contributed by atoms with E-state index in [1.54, 1.807) is 0 Å². The number of aliphatic hydroxyl groups excluding tert-OH is 1. The third-order valence-electron chi connectivity index (χ3n) is 15.6. The van der Waals surface area contributed by atoms with Gasteiger partial charge in [-0.2, -0.15) is 0 Å². The molecule has 1 N–H and O–H groups in total. The molecule has 1 unspecified atom stereocenters. The molecule has 0 spiro atoms. The van der Waals surface area contributed by atoms with Gasteiger partial charge in [-0.1, -0.05) is 361 Å². The Kier molecular flexibility index (Phi) is 68.8. The van der Waals surface area contributed by atoms with Crippen LogP contribution in [0.25, 0.3) is 0 Å². The number of carbonyl (C=O) groups excluding carboxylic acids is 2. The van der Waals surface area contributed by atoms with Gasteiger partial charge in [0.25, 0.3) is 0 Å². The van der Waals surface area contributed by atoms with E-state index in [0.717, 1.165) is 103 Å². The van der Waals surface area contributed by atoms with Gasteiger partial charge in [-0.3, -0.25) is 9.59 Å². The van der Waals surface area contributed by atoms with Gasteiger partial charge in [0.2, 0.25) is 0 Å². The lowest BCUT2D eigenvalue weighted by Gasteiger charge is -2.15. The zero-order valence-electron chi connectivity index (χ0n) is 54.2. The standard InChI is InChI=1S/C77H134O5/c1-3-5-7-9-11-13-15-17-19-21-23-25-27-29-31-33-35-36-37-38-39-40-42-43-45-47-49-51-53-55-57-59-61-63-65-67-69-71-76(79)81-74-75(73-78)82-77(80)72-70-68-66-64-62-60-58-56-54-52-50-48-46-44-41-34-32-30-28-26-24-22-20-18-16-14-12-10-8-6-4-2/h6,8,12,14,18,20,24,26,30,32,41,44,48,50,54,56,60,62,75,78H,3-5,7,9-11,13,15-17,19,21-23,25,27-29,31,33-40,42-43,45-47,49,51-53,55,57-59,61,63-74H2,1-2H3/b8-6-,14-12-,20-18-,26-24-,32-30-,44-41-,50-48-,56-54-,62-60-. The molecule has 0 fully saturated rings.